The van der Waals surface area contributed by atoms with Gasteiger partial charge in [-0.2, -0.15) is 10.2 Å². The number of benzene rings is 4. The molecule has 7 rings (SSSR count). The Labute approximate surface area is 410 Å². The number of nitrogens with one attached hydrogen (secondary N) is 1. The molecule has 18 heteroatoms. The van der Waals surface area contributed by atoms with Crippen LogP contribution >= 0.6 is 8.53 Å². The van der Waals surface area contributed by atoms with Crippen LogP contribution in [-0.2, 0) is 28.9 Å². The first-order valence-electron chi connectivity index (χ1n) is 23.2. The minimum Gasteiger partial charge on any atom is -0.497 e. The van der Waals surface area contributed by atoms with E-state index in [1.165, 1.54) is 18.2 Å². The van der Waals surface area contributed by atoms with Crippen molar-refractivity contribution < 1.29 is 32.8 Å². The zero-order chi connectivity index (χ0) is 50.1. The van der Waals surface area contributed by atoms with Crippen LogP contribution in [0.3, 0.4) is 0 Å². The highest BCUT2D eigenvalue weighted by Crippen LogP contribution is 2.51. The third kappa shape index (κ3) is 11.2. The Kier molecular flexibility index (Phi) is 16.8. The van der Waals surface area contributed by atoms with Gasteiger partial charge in [0.2, 0.25) is 17.8 Å². The minimum absolute atomic E-state index is 0.00298. The van der Waals surface area contributed by atoms with Gasteiger partial charge in [-0.05, 0) is 87.7 Å². The zero-order valence-electron chi connectivity index (χ0n) is 41.4. The summed E-state index contributed by atoms with van der Waals surface area (Å²) in [7, 11) is 5.06. The van der Waals surface area contributed by atoms with Crippen LogP contribution in [0.15, 0.2) is 113 Å². The van der Waals surface area contributed by atoms with Crippen molar-refractivity contribution >= 4 is 49.5 Å². The normalized spacial score (nSPS) is 16.6. The number of anilines is 2. The van der Waals surface area contributed by atoms with Gasteiger partial charge in [-0.15, -0.1) is 0 Å². The number of ether oxygens (including phenoxy) is 4. The molecule has 6 aromatic rings. The van der Waals surface area contributed by atoms with Gasteiger partial charge >= 0.3 is 0 Å². The number of hydrogen-bond donors (Lipinski definition) is 1. The van der Waals surface area contributed by atoms with Crippen molar-refractivity contribution in [1.82, 2.24) is 29.1 Å². The highest BCUT2D eigenvalue weighted by atomic mass is 31.2. The molecule has 368 valence electrons. The molecule has 0 spiro atoms. The molecule has 1 saturated heterocycles. The fourth-order valence-corrected chi connectivity index (χ4v) is 10.3. The summed E-state index contributed by atoms with van der Waals surface area (Å²) in [6, 6.07) is 35.1. The zero-order valence-corrected chi connectivity index (χ0v) is 42.3. The number of rotatable bonds is 21. The van der Waals surface area contributed by atoms with Crippen LogP contribution < -0.4 is 19.9 Å². The average molecular weight is 972 g/mol. The van der Waals surface area contributed by atoms with Crippen LogP contribution in [0.2, 0.25) is 0 Å². The fraction of sp³-hybridized carbons (Fsp3) is 0.385. The predicted molar refractivity (Wildman–Crippen MR) is 271 cm³/mol. The van der Waals surface area contributed by atoms with Crippen LogP contribution in [0, 0.1) is 18.3 Å². The van der Waals surface area contributed by atoms with E-state index < -0.39 is 38.1 Å². The summed E-state index contributed by atoms with van der Waals surface area (Å²) in [5, 5.41) is 9.58. The summed E-state index contributed by atoms with van der Waals surface area (Å²) in [5.41, 5.74) is 2.33. The summed E-state index contributed by atoms with van der Waals surface area (Å²) in [6.45, 7) is 11.8. The third-order valence-electron chi connectivity index (χ3n) is 11.7. The number of H-pyrrole nitrogens is 1. The van der Waals surface area contributed by atoms with E-state index in [0.717, 1.165) is 22.3 Å². The number of aliphatic imine (C=N–C) groups is 1. The standard InChI is InChI=1S/C52H62N9O8P/c1-34(2)61(35(3)4)70(67-30-14-29-53)69-44-31-46(60-48-47(49(63)57-50(56-48)54-33-58(7)8)55-51(60)59(37(6)62)41-23-17-36(5)18-24-41)68-45(44)32-66-52(38-15-12-11-13-16-38,39-19-25-42(64-9)26-20-39)40-21-27-43(65-10)28-22-40/h11-13,15-28,33-35,44-46H,14,30-32H2,1-10H3,(H,56,57,63)/b54-33+/t44-,45?,46+,70?/m0/s1. The number of hydrogen-bond acceptors (Lipinski definition) is 13. The van der Waals surface area contributed by atoms with Crippen molar-refractivity contribution in [2.24, 2.45) is 4.99 Å². The van der Waals surface area contributed by atoms with Crippen molar-refractivity contribution in [3.05, 3.63) is 136 Å². The molecular weight excluding hydrogens is 910 g/mol. The Bertz CT molecular complexity index is 2760. The van der Waals surface area contributed by atoms with E-state index in [1.807, 2.05) is 110 Å². The smallest absolute Gasteiger partial charge is 0.280 e. The lowest BCUT2D eigenvalue weighted by Crippen LogP contribution is -2.39. The predicted octanol–water partition coefficient (Wildman–Crippen LogP) is 9.31. The van der Waals surface area contributed by atoms with Gasteiger partial charge in [0.25, 0.3) is 14.1 Å². The summed E-state index contributed by atoms with van der Waals surface area (Å²) in [5.74, 6) is 1.13. The summed E-state index contributed by atoms with van der Waals surface area (Å²) in [6.07, 6.45) is -0.639. The van der Waals surface area contributed by atoms with Crippen molar-refractivity contribution in [3.8, 4) is 17.6 Å². The van der Waals surface area contributed by atoms with E-state index in [2.05, 4.69) is 48.4 Å². The first kappa shape index (κ1) is 51.3. The number of carbonyl (C=O) groups excluding carboxylic acids is 1. The first-order valence-corrected chi connectivity index (χ1v) is 24.3. The molecule has 3 heterocycles. The molecule has 1 aliphatic heterocycles. The quantitative estimate of drug-likeness (QED) is 0.0237. The molecule has 0 saturated carbocycles. The Hall–Kier alpha value is -6.51. The van der Waals surface area contributed by atoms with Crippen LogP contribution in [0.25, 0.3) is 11.2 Å². The van der Waals surface area contributed by atoms with Crippen molar-refractivity contribution in [1.29, 1.82) is 5.26 Å². The molecule has 1 N–H and O–H groups in total. The molecule has 0 bridgehead atoms. The van der Waals surface area contributed by atoms with Crippen LogP contribution in [0.4, 0.5) is 17.6 Å². The summed E-state index contributed by atoms with van der Waals surface area (Å²) in [4.78, 5) is 47.9. The van der Waals surface area contributed by atoms with Crippen LogP contribution in [-0.4, -0.2) is 107 Å². The van der Waals surface area contributed by atoms with E-state index in [1.54, 1.807) is 37.8 Å². The number of amides is 1. The highest BCUT2D eigenvalue weighted by Gasteiger charge is 2.46. The largest absolute Gasteiger partial charge is 0.497 e. The van der Waals surface area contributed by atoms with Crippen molar-refractivity contribution in [2.45, 2.75) is 90.5 Å². The molecule has 2 unspecified atom stereocenters. The number of carbonyl (C=O) groups is 1. The van der Waals surface area contributed by atoms with Crippen LogP contribution in [0.1, 0.15) is 75.9 Å². The van der Waals surface area contributed by atoms with E-state index in [-0.39, 0.29) is 67.1 Å². The second kappa shape index (κ2) is 22.9. The maximum Gasteiger partial charge on any atom is 0.280 e. The molecule has 70 heavy (non-hydrogen) atoms. The lowest BCUT2D eigenvalue weighted by Gasteiger charge is -2.39. The summed E-state index contributed by atoms with van der Waals surface area (Å²) >= 11 is 0. The van der Waals surface area contributed by atoms with Gasteiger partial charge in [-0.1, -0.05) is 72.3 Å². The minimum atomic E-state index is -1.80. The second-order valence-corrected chi connectivity index (χ2v) is 19.0. The van der Waals surface area contributed by atoms with E-state index in [9.17, 15) is 14.9 Å². The van der Waals surface area contributed by atoms with Gasteiger partial charge in [0.05, 0.1) is 58.1 Å². The van der Waals surface area contributed by atoms with Crippen LogP contribution in [0.5, 0.6) is 11.5 Å². The van der Waals surface area contributed by atoms with Gasteiger partial charge in [-0.3, -0.25) is 24.0 Å². The fourth-order valence-electron chi connectivity index (χ4n) is 8.56. The molecule has 1 fully saturated rings. The average Bonchev–Trinajstić information content (AvgIpc) is 3.92. The van der Waals surface area contributed by atoms with E-state index >= 15 is 0 Å². The maximum atomic E-state index is 14.0. The van der Waals surface area contributed by atoms with Gasteiger partial charge < -0.3 is 32.9 Å². The molecule has 0 radical (unpaired) electrons. The number of methoxy groups -OCH3 is 2. The molecule has 1 aliphatic rings. The summed E-state index contributed by atoms with van der Waals surface area (Å²) < 4.78 is 43.4. The molecule has 17 nitrogen and oxygen atoms in total. The first-order chi connectivity index (χ1) is 33.7. The Morgan fingerprint density at radius 3 is 2.07 bits per heavy atom. The van der Waals surface area contributed by atoms with Gasteiger partial charge in [0.15, 0.2) is 11.2 Å². The van der Waals surface area contributed by atoms with Crippen molar-refractivity contribution in [3.63, 3.8) is 0 Å². The molecule has 1 amide bonds. The molecule has 4 atom stereocenters. The number of aryl methyl sites for hydroxylation is 1. The van der Waals surface area contributed by atoms with E-state index in [4.69, 9.17) is 38.0 Å². The molecule has 2 aromatic heterocycles. The van der Waals surface area contributed by atoms with Gasteiger partial charge in [0, 0.05) is 39.5 Å². The van der Waals surface area contributed by atoms with Gasteiger partial charge in [0.1, 0.15) is 29.4 Å². The Balaban J connectivity index is 1.43. The maximum absolute atomic E-state index is 14.0. The Morgan fingerprint density at radius 1 is 0.929 bits per heavy atom. The topological polar surface area (TPSA) is 182 Å². The third-order valence-corrected chi connectivity index (χ3v) is 13.9. The Morgan fingerprint density at radius 2 is 1.53 bits per heavy atom. The molecule has 4 aromatic carbocycles. The highest BCUT2D eigenvalue weighted by molar-refractivity contribution is 7.44. The van der Waals surface area contributed by atoms with Gasteiger partial charge in [-0.25, -0.2) is 14.6 Å². The lowest BCUT2D eigenvalue weighted by molar-refractivity contribution is -0.116. The van der Waals surface area contributed by atoms with Crippen molar-refractivity contribution in [2.75, 3.05) is 46.4 Å². The molecule has 0 aliphatic carbocycles. The number of fused-ring (bicyclic) bond motifs is 1. The second-order valence-electron chi connectivity index (χ2n) is 17.6. The number of nitriles is 1. The lowest BCUT2D eigenvalue weighted by atomic mass is 9.80. The number of aromatic nitrogens is 4. The molecular formula is C52H62N9O8P. The van der Waals surface area contributed by atoms with E-state index in [0.29, 0.717) is 17.2 Å². The number of aromatic amines is 1. The SMILES string of the molecule is COc1ccc(C(OCC2O[C@@H](n3c(N(C(C)=O)c4ccc(C)cc4)nc4c(=O)[nH]c(/N=C/N(C)C)nc43)C[C@@H]2OP(OCCC#N)N(C(C)C)C(C)C)(c2ccccc2)c2ccc(OC)cc2)cc1. The monoisotopic (exact) mass is 971 g/mol. The number of imidazole rings is 1. The number of nitrogens with zero attached hydrogens (tertiary/aromatic N) is 8.